The van der Waals surface area contributed by atoms with Gasteiger partial charge in [-0.3, -0.25) is 9.59 Å². The molecule has 2 heterocycles. The molecule has 1 aliphatic rings. The number of hydrogen-bond donors (Lipinski definition) is 0. The molecule has 1 amide bonds. The Hall–Kier alpha value is -2.72. The molecule has 0 saturated carbocycles. The first-order chi connectivity index (χ1) is 13.3. The summed E-state index contributed by atoms with van der Waals surface area (Å²) in [5.41, 5.74) is -0.383. The van der Waals surface area contributed by atoms with Gasteiger partial charge in [0, 0.05) is 32.2 Å². The molecule has 0 atom stereocenters. The van der Waals surface area contributed by atoms with Gasteiger partial charge in [-0.25, -0.2) is 12.8 Å². The van der Waals surface area contributed by atoms with Crippen LogP contribution in [0.3, 0.4) is 0 Å². The highest BCUT2D eigenvalue weighted by molar-refractivity contribution is 7.89. The number of amides is 1. The molecule has 0 bridgehead atoms. The van der Waals surface area contributed by atoms with E-state index < -0.39 is 15.8 Å². The number of sulfonamides is 1. The van der Waals surface area contributed by atoms with Gasteiger partial charge < -0.3 is 14.1 Å². The van der Waals surface area contributed by atoms with E-state index in [1.165, 1.54) is 33.7 Å². The lowest BCUT2D eigenvalue weighted by atomic mass is 10.3. The van der Waals surface area contributed by atoms with Crippen molar-refractivity contribution in [3.8, 4) is 5.75 Å². The van der Waals surface area contributed by atoms with Crippen LogP contribution in [0, 0.1) is 12.7 Å². The van der Waals surface area contributed by atoms with Crippen LogP contribution in [-0.4, -0.2) is 56.3 Å². The number of nitrogens with zero attached hydrogens (tertiary/aromatic N) is 2. The Morgan fingerprint density at radius 2 is 1.79 bits per heavy atom. The highest BCUT2D eigenvalue weighted by Gasteiger charge is 2.30. The predicted molar refractivity (Wildman–Crippen MR) is 96.9 cm³/mol. The molecule has 0 spiro atoms. The summed E-state index contributed by atoms with van der Waals surface area (Å²) in [6, 6.07) is 5.80. The zero-order valence-electron chi connectivity index (χ0n) is 15.1. The van der Waals surface area contributed by atoms with Gasteiger partial charge >= 0.3 is 0 Å². The maximum Gasteiger partial charge on any atom is 0.260 e. The molecule has 0 radical (unpaired) electrons. The van der Waals surface area contributed by atoms with Crippen LogP contribution < -0.4 is 10.2 Å². The van der Waals surface area contributed by atoms with E-state index in [4.69, 9.17) is 9.15 Å². The van der Waals surface area contributed by atoms with Gasteiger partial charge in [-0.15, -0.1) is 0 Å². The Bertz CT molecular complexity index is 1010. The first kappa shape index (κ1) is 20.0. The van der Waals surface area contributed by atoms with Crippen LogP contribution >= 0.6 is 0 Å². The summed E-state index contributed by atoms with van der Waals surface area (Å²) in [5, 5.41) is 0. The molecule has 150 valence electrons. The first-order valence-electron chi connectivity index (χ1n) is 8.54. The van der Waals surface area contributed by atoms with E-state index in [1.54, 1.807) is 6.92 Å². The number of carbonyl (C=O) groups excluding carboxylic acids is 1. The van der Waals surface area contributed by atoms with Gasteiger partial charge in [0.05, 0.1) is 11.2 Å². The second-order valence-electron chi connectivity index (χ2n) is 6.20. The summed E-state index contributed by atoms with van der Waals surface area (Å²) in [6.45, 7) is 1.80. The van der Waals surface area contributed by atoms with Crippen molar-refractivity contribution in [3.63, 3.8) is 0 Å². The zero-order chi connectivity index (χ0) is 20.3. The van der Waals surface area contributed by atoms with Crippen molar-refractivity contribution in [2.45, 2.75) is 11.8 Å². The van der Waals surface area contributed by atoms with E-state index in [0.29, 0.717) is 0 Å². The molecule has 0 aliphatic carbocycles. The SMILES string of the molecule is Cc1occc(=O)c1OCC(=O)N1CCN(S(=O)(=O)c2ccc(F)cc2)CC1. The Balaban J connectivity index is 1.58. The quantitative estimate of drug-likeness (QED) is 0.730. The van der Waals surface area contributed by atoms with Gasteiger partial charge in [0.2, 0.25) is 21.2 Å². The van der Waals surface area contributed by atoms with Crippen LogP contribution in [0.2, 0.25) is 0 Å². The highest BCUT2D eigenvalue weighted by atomic mass is 32.2. The number of hydrogen-bond acceptors (Lipinski definition) is 6. The minimum atomic E-state index is -3.75. The Kier molecular flexibility index (Phi) is 5.80. The standard InChI is InChI=1S/C18H19FN2O6S/c1-13-18(16(22)6-11-26-13)27-12-17(23)20-7-9-21(10-8-20)28(24,25)15-4-2-14(19)3-5-15/h2-6,11H,7-10,12H2,1H3. The van der Waals surface area contributed by atoms with Gasteiger partial charge in [0.25, 0.3) is 5.91 Å². The van der Waals surface area contributed by atoms with E-state index in [0.717, 1.165) is 12.1 Å². The first-order valence-corrected chi connectivity index (χ1v) is 9.98. The minimum absolute atomic E-state index is 0.00304. The van der Waals surface area contributed by atoms with E-state index in [-0.39, 0.29) is 60.5 Å². The summed E-state index contributed by atoms with van der Waals surface area (Å²) >= 11 is 0. The molecule has 28 heavy (non-hydrogen) atoms. The van der Waals surface area contributed by atoms with Gasteiger partial charge in [-0.05, 0) is 31.2 Å². The third-order valence-corrected chi connectivity index (χ3v) is 6.30. The molecule has 1 aromatic heterocycles. The molecule has 10 heteroatoms. The molecule has 2 aromatic rings. The van der Waals surface area contributed by atoms with Crippen LogP contribution in [0.5, 0.6) is 5.75 Å². The van der Waals surface area contributed by atoms with Crippen molar-refractivity contribution in [1.82, 2.24) is 9.21 Å². The van der Waals surface area contributed by atoms with Crippen molar-refractivity contribution in [3.05, 3.63) is 58.4 Å². The van der Waals surface area contributed by atoms with E-state index >= 15 is 0 Å². The Morgan fingerprint density at radius 3 is 2.39 bits per heavy atom. The number of benzene rings is 1. The number of piperazine rings is 1. The van der Waals surface area contributed by atoms with Crippen molar-refractivity contribution in [2.75, 3.05) is 32.8 Å². The fourth-order valence-corrected chi connectivity index (χ4v) is 4.25. The molecule has 1 aromatic carbocycles. The third-order valence-electron chi connectivity index (χ3n) is 4.39. The third kappa shape index (κ3) is 4.23. The summed E-state index contributed by atoms with van der Waals surface area (Å²) in [6.07, 6.45) is 1.24. The van der Waals surface area contributed by atoms with E-state index in [1.807, 2.05) is 0 Å². The lowest BCUT2D eigenvalue weighted by Gasteiger charge is -2.33. The monoisotopic (exact) mass is 410 g/mol. The molecule has 1 fully saturated rings. The second kappa shape index (κ2) is 8.11. The molecule has 8 nitrogen and oxygen atoms in total. The van der Waals surface area contributed by atoms with E-state index in [9.17, 15) is 22.4 Å². The molecule has 1 saturated heterocycles. The molecular formula is C18H19FN2O6S. The summed E-state index contributed by atoms with van der Waals surface area (Å²) in [7, 11) is -3.75. The fraction of sp³-hybridized carbons (Fsp3) is 0.333. The fourth-order valence-electron chi connectivity index (χ4n) is 2.83. The second-order valence-corrected chi connectivity index (χ2v) is 8.14. The number of halogens is 1. The number of aryl methyl sites for hydroxylation is 1. The maximum absolute atomic E-state index is 13.0. The van der Waals surface area contributed by atoms with Crippen LogP contribution in [-0.2, 0) is 14.8 Å². The van der Waals surface area contributed by atoms with Crippen LogP contribution in [0.25, 0.3) is 0 Å². The normalized spacial score (nSPS) is 15.4. The van der Waals surface area contributed by atoms with E-state index in [2.05, 4.69) is 0 Å². The topological polar surface area (TPSA) is 97.1 Å². The Labute approximate surface area is 161 Å². The largest absolute Gasteiger partial charge is 0.476 e. The van der Waals surface area contributed by atoms with Gasteiger partial charge in [0.1, 0.15) is 11.6 Å². The summed E-state index contributed by atoms with van der Waals surface area (Å²) < 4.78 is 49.8. The van der Waals surface area contributed by atoms with Crippen molar-refractivity contribution in [1.29, 1.82) is 0 Å². The van der Waals surface area contributed by atoms with Crippen LogP contribution in [0.15, 0.2) is 50.7 Å². The number of carbonyl (C=O) groups is 1. The number of rotatable bonds is 5. The smallest absolute Gasteiger partial charge is 0.260 e. The number of ether oxygens (including phenoxy) is 1. The highest BCUT2D eigenvalue weighted by Crippen LogP contribution is 2.18. The molecule has 1 aliphatic heterocycles. The van der Waals surface area contributed by atoms with Gasteiger partial charge in [-0.1, -0.05) is 0 Å². The lowest BCUT2D eigenvalue weighted by Crippen LogP contribution is -2.51. The average Bonchev–Trinajstić information content (AvgIpc) is 2.68. The average molecular weight is 410 g/mol. The van der Waals surface area contributed by atoms with Crippen LogP contribution in [0.4, 0.5) is 4.39 Å². The maximum atomic E-state index is 13.0. The minimum Gasteiger partial charge on any atom is -0.476 e. The Morgan fingerprint density at radius 1 is 1.14 bits per heavy atom. The molecule has 0 unspecified atom stereocenters. The molecule has 3 rings (SSSR count). The summed E-state index contributed by atoms with van der Waals surface area (Å²) in [5.74, 6) is -0.623. The molecule has 0 N–H and O–H groups in total. The predicted octanol–water partition coefficient (Wildman–Crippen LogP) is 0.999. The lowest BCUT2D eigenvalue weighted by molar-refractivity contribution is -0.134. The van der Waals surface area contributed by atoms with Crippen molar-refractivity contribution in [2.24, 2.45) is 0 Å². The van der Waals surface area contributed by atoms with Crippen molar-refractivity contribution < 1.29 is 26.8 Å². The van der Waals surface area contributed by atoms with Crippen molar-refractivity contribution >= 4 is 15.9 Å². The van der Waals surface area contributed by atoms with Gasteiger partial charge in [0.15, 0.2) is 6.61 Å². The zero-order valence-corrected chi connectivity index (χ0v) is 15.9. The molecular weight excluding hydrogens is 391 g/mol. The van der Waals surface area contributed by atoms with Gasteiger partial charge in [-0.2, -0.15) is 4.31 Å². The van der Waals surface area contributed by atoms with Crippen LogP contribution in [0.1, 0.15) is 5.76 Å². The summed E-state index contributed by atoms with van der Waals surface area (Å²) in [4.78, 5) is 25.5.